The van der Waals surface area contributed by atoms with Crippen LogP contribution in [0.2, 0.25) is 0 Å². The van der Waals surface area contributed by atoms with E-state index >= 15 is 0 Å². The average Bonchev–Trinajstić information content (AvgIpc) is 3.45. The number of halogens is 1. The molecule has 0 aliphatic carbocycles. The molecule has 0 fully saturated rings. The molecule has 0 N–H and O–H groups in total. The molecular formula is C27H27ClN2S. The molecule has 0 spiro atoms. The standard InChI is InChI=1S/C27H27N2S.ClH/c1-5-28-18(3)25(20-12-7-9-14-22(20)28)27(24-16-11-17-30-24)26-19(4)29(6-2)23-15-10-8-13-21(23)26;/h7-17H,5-6H2,1-4H3;1H/q+1;/p-1. The topological polar surface area (TPSA) is 7.94 Å². The van der Waals surface area contributed by atoms with Gasteiger partial charge in [-0.3, -0.25) is 0 Å². The number of fused-ring (bicyclic) bond motifs is 2. The third-order valence-corrected chi connectivity index (χ3v) is 7.25. The number of benzene rings is 2. The predicted molar refractivity (Wildman–Crippen MR) is 130 cm³/mol. The van der Waals surface area contributed by atoms with E-state index in [1.165, 1.54) is 55.1 Å². The summed E-state index contributed by atoms with van der Waals surface area (Å²) in [6.45, 7) is 11.0. The number of rotatable bonds is 4. The van der Waals surface area contributed by atoms with Crippen LogP contribution in [0.5, 0.6) is 0 Å². The number of allylic oxidation sites excluding steroid dienone is 1. The molecule has 0 amide bonds. The summed E-state index contributed by atoms with van der Waals surface area (Å²) >= 11 is 1.83. The lowest BCUT2D eigenvalue weighted by molar-refractivity contribution is -0.432. The van der Waals surface area contributed by atoms with E-state index in [4.69, 9.17) is 0 Å². The Morgan fingerprint density at radius 2 is 1.68 bits per heavy atom. The van der Waals surface area contributed by atoms with Crippen molar-refractivity contribution in [1.82, 2.24) is 4.57 Å². The van der Waals surface area contributed by atoms with Crippen LogP contribution in [0.15, 0.2) is 66.0 Å². The lowest BCUT2D eigenvalue weighted by Crippen LogP contribution is -3.00. The normalized spacial score (nSPS) is 14.7. The Morgan fingerprint density at radius 1 is 0.935 bits per heavy atom. The summed E-state index contributed by atoms with van der Waals surface area (Å²) in [6.07, 6.45) is 0. The van der Waals surface area contributed by atoms with Crippen LogP contribution < -0.4 is 12.4 Å². The fourth-order valence-corrected chi connectivity index (χ4v) is 5.88. The van der Waals surface area contributed by atoms with Crippen LogP contribution in [0, 0.1) is 6.92 Å². The number of para-hydroxylation sites is 2. The molecule has 0 bridgehead atoms. The second kappa shape index (κ2) is 8.49. The van der Waals surface area contributed by atoms with Gasteiger partial charge in [0.05, 0.1) is 11.1 Å². The lowest BCUT2D eigenvalue weighted by Gasteiger charge is -2.12. The highest BCUT2D eigenvalue weighted by Gasteiger charge is 2.35. The van der Waals surface area contributed by atoms with E-state index in [0.29, 0.717) is 0 Å². The molecule has 1 aliphatic rings. The Balaban J connectivity index is 0.00000231. The number of hydrogen-bond acceptors (Lipinski definition) is 1. The van der Waals surface area contributed by atoms with Gasteiger partial charge in [0, 0.05) is 52.1 Å². The minimum Gasteiger partial charge on any atom is -1.00 e. The maximum atomic E-state index is 2.45. The highest BCUT2D eigenvalue weighted by atomic mass is 35.5. The maximum absolute atomic E-state index is 2.45. The van der Waals surface area contributed by atoms with Gasteiger partial charge >= 0.3 is 0 Å². The van der Waals surface area contributed by atoms with Crippen LogP contribution in [0.25, 0.3) is 22.0 Å². The van der Waals surface area contributed by atoms with E-state index in [9.17, 15) is 0 Å². The molecule has 0 saturated carbocycles. The van der Waals surface area contributed by atoms with Crippen molar-refractivity contribution in [2.75, 3.05) is 6.54 Å². The van der Waals surface area contributed by atoms with Crippen molar-refractivity contribution in [3.63, 3.8) is 0 Å². The van der Waals surface area contributed by atoms with Crippen LogP contribution in [0.3, 0.4) is 0 Å². The van der Waals surface area contributed by atoms with Crippen LogP contribution >= 0.6 is 11.3 Å². The molecule has 4 aromatic rings. The van der Waals surface area contributed by atoms with Crippen LogP contribution in [-0.2, 0) is 6.54 Å². The van der Waals surface area contributed by atoms with Crippen molar-refractivity contribution in [1.29, 1.82) is 0 Å². The largest absolute Gasteiger partial charge is 1.00 e. The smallest absolute Gasteiger partial charge is 0.213 e. The molecule has 0 unspecified atom stereocenters. The van der Waals surface area contributed by atoms with Gasteiger partial charge < -0.3 is 17.0 Å². The Kier molecular flexibility index (Phi) is 5.92. The van der Waals surface area contributed by atoms with Crippen LogP contribution in [0.4, 0.5) is 5.69 Å². The molecule has 31 heavy (non-hydrogen) atoms. The zero-order chi connectivity index (χ0) is 20.8. The van der Waals surface area contributed by atoms with Gasteiger partial charge in [0.2, 0.25) is 5.69 Å². The van der Waals surface area contributed by atoms with Gasteiger partial charge in [-0.25, -0.2) is 0 Å². The summed E-state index contributed by atoms with van der Waals surface area (Å²) in [4.78, 5) is 1.33. The molecular weight excluding hydrogens is 420 g/mol. The first-order chi connectivity index (χ1) is 14.7. The van der Waals surface area contributed by atoms with Crippen molar-refractivity contribution in [2.45, 2.75) is 34.2 Å². The summed E-state index contributed by atoms with van der Waals surface area (Å²) in [5.74, 6) is 0. The molecule has 3 heterocycles. The molecule has 0 radical (unpaired) electrons. The Labute approximate surface area is 194 Å². The number of nitrogens with zero attached hydrogens (tertiary/aromatic N) is 2. The van der Waals surface area contributed by atoms with Gasteiger partial charge in [0.25, 0.3) is 0 Å². The van der Waals surface area contributed by atoms with E-state index in [0.717, 1.165) is 13.1 Å². The van der Waals surface area contributed by atoms with Gasteiger partial charge in [0.1, 0.15) is 6.54 Å². The summed E-state index contributed by atoms with van der Waals surface area (Å²) in [5.41, 5.74) is 10.8. The van der Waals surface area contributed by atoms with Gasteiger partial charge in [-0.15, -0.1) is 11.3 Å². The van der Waals surface area contributed by atoms with Crippen molar-refractivity contribution >= 4 is 44.8 Å². The number of aryl methyl sites for hydroxylation is 1. The van der Waals surface area contributed by atoms with Crippen molar-refractivity contribution in [3.8, 4) is 0 Å². The Bertz CT molecular complexity index is 1320. The Hall–Kier alpha value is -2.62. The summed E-state index contributed by atoms with van der Waals surface area (Å²) < 4.78 is 4.90. The van der Waals surface area contributed by atoms with E-state index < -0.39 is 0 Å². The monoisotopic (exact) mass is 446 g/mol. The molecule has 0 saturated heterocycles. The molecule has 4 heteroatoms. The highest BCUT2D eigenvalue weighted by Crippen LogP contribution is 2.45. The van der Waals surface area contributed by atoms with Gasteiger partial charge in [-0.2, -0.15) is 4.58 Å². The second-order valence-electron chi connectivity index (χ2n) is 7.80. The van der Waals surface area contributed by atoms with Gasteiger partial charge in [-0.1, -0.05) is 36.4 Å². The molecule has 5 rings (SSSR count). The second-order valence-corrected chi connectivity index (χ2v) is 8.74. The number of aromatic nitrogens is 1. The first-order valence-corrected chi connectivity index (χ1v) is 11.6. The van der Waals surface area contributed by atoms with E-state index in [2.05, 4.69) is 103 Å². The van der Waals surface area contributed by atoms with Crippen molar-refractivity contribution < 1.29 is 17.0 Å². The molecule has 2 aromatic heterocycles. The zero-order valence-corrected chi connectivity index (χ0v) is 20.0. The Morgan fingerprint density at radius 3 is 2.39 bits per heavy atom. The minimum absolute atomic E-state index is 0. The molecule has 158 valence electrons. The van der Waals surface area contributed by atoms with Gasteiger partial charge in [-0.05, 0) is 44.4 Å². The fraction of sp³-hybridized carbons (Fsp3) is 0.222. The van der Waals surface area contributed by atoms with Crippen molar-refractivity contribution in [2.24, 2.45) is 0 Å². The molecule has 1 aliphatic heterocycles. The lowest BCUT2D eigenvalue weighted by atomic mass is 9.90. The van der Waals surface area contributed by atoms with Crippen molar-refractivity contribution in [3.05, 3.63) is 87.7 Å². The SMILES string of the molecule is CCn1c(C)c(C(=C2C(C)=[N+](CC)c3ccccc32)c2cccs2)c2ccccc21.[Cl-]. The fourth-order valence-electron chi connectivity index (χ4n) is 5.10. The van der Waals surface area contributed by atoms with Crippen LogP contribution in [-0.4, -0.2) is 21.4 Å². The first-order valence-electron chi connectivity index (χ1n) is 10.7. The maximum Gasteiger partial charge on any atom is 0.213 e. The summed E-state index contributed by atoms with van der Waals surface area (Å²) in [7, 11) is 0. The summed E-state index contributed by atoms with van der Waals surface area (Å²) in [5, 5.41) is 3.53. The quantitative estimate of drug-likeness (QED) is 0.416. The summed E-state index contributed by atoms with van der Waals surface area (Å²) in [6, 6.07) is 22.1. The minimum atomic E-state index is 0. The first kappa shape index (κ1) is 21.6. The third kappa shape index (κ3) is 3.19. The van der Waals surface area contributed by atoms with E-state index in [-0.39, 0.29) is 12.4 Å². The van der Waals surface area contributed by atoms with Crippen LogP contribution in [0.1, 0.15) is 42.5 Å². The van der Waals surface area contributed by atoms with E-state index in [1.807, 2.05) is 11.3 Å². The zero-order valence-electron chi connectivity index (χ0n) is 18.4. The predicted octanol–water partition coefficient (Wildman–Crippen LogP) is 4.13. The number of thiophene rings is 1. The van der Waals surface area contributed by atoms with Gasteiger partial charge in [0.15, 0.2) is 5.71 Å². The average molecular weight is 447 g/mol. The molecule has 0 atom stereocenters. The molecule has 2 aromatic carbocycles. The number of hydrogen-bond donors (Lipinski definition) is 0. The third-order valence-electron chi connectivity index (χ3n) is 6.36. The highest BCUT2D eigenvalue weighted by molar-refractivity contribution is 7.11. The van der Waals surface area contributed by atoms with E-state index in [1.54, 1.807) is 0 Å². The molecule has 2 nitrogen and oxygen atoms in total.